The molecule has 1 aromatic heterocycles. The second-order valence-electron chi connectivity index (χ2n) is 4.05. The van der Waals surface area contributed by atoms with Gasteiger partial charge in [0.25, 0.3) is 0 Å². The zero-order valence-electron chi connectivity index (χ0n) is 10.4. The van der Waals surface area contributed by atoms with Crippen LogP contribution in [-0.2, 0) is 6.54 Å². The molecule has 1 N–H and O–H groups in total. The molecular weight excluding hydrogens is 310 g/mol. The molecule has 0 aliphatic heterocycles. The summed E-state index contributed by atoms with van der Waals surface area (Å²) in [6.45, 7) is 3.02. The molecule has 2 aromatic rings. The third-order valence-corrected chi connectivity index (χ3v) is 4.44. The van der Waals surface area contributed by atoms with Crippen molar-refractivity contribution in [2.75, 3.05) is 7.11 Å². The Kier molecular flexibility index (Phi) is 4.80. The molecule has 0 amide bonds. The highest BCUT2D eigenvalue weighted by molar-refractivity contribution is 9.11. The van der Waals surface area contributed by atoms with Gasteiger partial charge in [0.15, 0.2) is 0 Å². The quantitative estimate of drug-likeness (QED) is 0.881. The predicted octanol–water partition coefficient (Wildman–Crippen LogP) is 4.37. The van der Waals surface area contributed by atoms with E-state index in [9.17, 15) is 0 Å². The van der Waals surface area contributed by atoms with E-state index in [1.807, 2.05) is 18.2 Å². The fraction of sp³-hybridized carbons (Fsp3) is 0.286. The molecule has 0 radical (unpaired) electrons. The Morgan fingerprint density at radius 3 is 2.72 bits per heavy atom. The Labute approximate surface area is 120 Å². The summed E-state index contributed by atoms with van der Waals surface area (Å²) in [4.78, 5) is 1.32. The molecular formula is C14H16BrNOS. The standard InChI is InChI=1S/C14H16BrNOS/c1-10(12-5-3-4-6-13(12)17-2)16-9-11-7-8-14(15)18-11/h3-8,10,16H,9H2,1-2H3. The molecule has 18 heavy (non-hydrogen) atoms. The van der Waals surface area contributed by atoms with Crippen LogP contribution in [0, 0.1) is 0 Å². The number of hydrogen-bond acceptors (Lipinski definition) is 3. The molecule has 0 bridgehead atoms. The van der Waals surface area contributed by atoms with E-state index in [1.165, 1.54) is 14.2 Å². The lowest BCUT2D eigenvalue weighted by Crippen LogP contribution is -2.18. The van der Waals surface area contributed by atoms with Crippen molar-refractivity contribution in [3.05, 3.63) is 50.6 Å². The van der Waals surface area contributed by atoms with Crippen molar-refractivity contribution in [1.82, 2.24) is 5.32 Å². The molecule has 4 heteroatoms. The van der Waals surface area contributed by atoms with Crippen LogP contribution in [-0.4, -0.2) is 7.11 Å². The minimum atomic E-state index is 0.266. The molecule has 0 aliphatic carbocycles. The van der Waals surface area contributed by atoms with Gasteiger partial charge in [0.1, 0.15) is 5.75 Å². The lowest BCUT2D eigenvalue weighted by atomic mass is 10.1. The van der Waals surface area contributed by atoms with Crippen molar-refractivity contribution < 1.29 is 4.74 Å². The Balaban J connectivity index is 2.01. The number of benzene rings is 1. The number of nitrogens with one attached hydrogen (secondary N) is 1. The van der Waals surface area contributed by atoms with Gasteiger partial charge < -0.3 is 10.1 Å². The predicted molar refractivity (Wildman–Crippen MR) is 80.3 cm³/mol. The van der Waals surface area contributed by atoms with Gasteiger partial charge in [0, 0.05) is 23.0 Å². The fourth-order valence-corrected chi connectivity index (χ4v) is 3.27. The van der Waals surface area contributed by atoms with Crippen LogP contribution in [0.3, 0.4) is 0 Å². The van der Waals surface area contributed by atoms with Crippen LogP contribution in [0.15, 0.2) is 40.2 Å². The molecule has 1 heterocycles. The molecule has 1 unspecified atom stereocenters. The molecule has 0 saturated heterocycles. The number of hydrogen-bond donors (Lipinski definition) is 1. The Hall–Kier alpha value is -0.840. The molecule has 1 atom stereocenters. The normalized spacial score (nSPS) is 12.4. The zero-order valence-corrected chi connectivity index (χ0v) is 12.8. The molecule has 1 aromatic carbocycles. The van der Waals surface area contributed by atoms with E-state index in [2.05, 4.69) is 46.4 Å². The largest absolute Gasteiger partial charge is 0.496 e. The van der Waals surface area contributed by atoms with Gasteiger partial charge in [-0.3, -0.25) is 0 Å². The van der Waals surface area contributed by atoms with Crippen LogP contribution < -0.4 is 10.1 Å². The number of ether oxygens (including phenoxy) is 1. The van der Waals surface area contributed by atoms with E-state index >= 15 is 0 Å². The van der Waals surface area contributed by atoms with Crippen molar-refractivity contribution in [2.45, 2.75) is 19.5 Å². The number of methoxy groups -OCH3 is 1. The van der Waals surface area contributed by atoms with E-state index in [0.29, 0.717) is 0 Å². The summed E-state index contributed by atoms with van der Waals surface area (Å²) in [6, 6.07) is 12.6. The maximum Gasteiger partial charge on any atom is 0.123 e. The lowest BCUT2D eigenvalue weighted by molar-refractivity contribution is 0.401. The van der Waals surface area contributed by atoms with E-state index < -0.39 is 0 Å². The van der Waals surface area contributed by atoms with E-state index in [0.717, 1.165) is 12.3 Å². The summed E-state index contributed by atoms with van der Waals surface area (Å²) in [5, 5.41) is 3.51. The van der Waals surface area contributed by atoms with Gasteiger partial charge in [-0.1, -0.05) is 18.2 Å². The lowest BCUT2D eigenvalue weighted by Gasteiger charge is -2.16. The van der Waals surface area contributed by atoms with Gasteiger partial charge in [0.05, 0.1) is 10.9 Å². The number of halogens is 1. The van der Waals surface area contributed by atoms with Crippen LogP contribution in [0.5, 0.6) is 5.75 Å². The van der Waals surface area contributed by atoms with Crippen LogP contribution in [0.25, 0.3) is 0 Å². The first-order valence-corrected chi connectivity index (χ1v) is 7.42. The Morgan fingerprint density at radius 1 is 1.28 bits per heavy atom. The Morgan fingerprint density at radius 2 is 2.06 bits per heavy atom. The van der Waals surface area contributed by atoms with Gasteiger partial charge in [-0.25, -0.2) is 0 Å². The van der Waals surface area contributed by atoms with Crippen molar-refractivity contribution in [2.24, 2.45) is 0 Å². The first-order chi connectivity index (χ1) is 8.70. The summed E-state index contributed by atoms with van der Waals surface area (Å²) in [6.07, 6.45) is 0. The number of para-hydroxylation sites is 1. The van der Waals surface area contributed by atoms with Crippen LogP contribution in [0.2, 0.25) is 0 Å². The molecule has 0 aliphatic rings. The average molecular weight is 326 g/mol. The smallest absolute Gasteiger partial charge is 0.123 e. The van der Waals surface area contributed by atoms with Gasteiger partial charge >= 0.3 is 0 Å². The van der Waals surface area contributed by atoms with Crippen LogP contribution >= 0.6 is 27.3 Å². The van der Waals surface area contributed by atoms with Crippen molar-refractivity contribution in [3.63, 3.8) is 0 Å². The second-order valence-corrected chi connectivity index (χ2v) is 6.60. The van der Waals surface area contributed by atoms with Crippen LogP contribution in [0.1, 0.15) is 23.4 Å². The number of thiophene rings is 1. The first kappa shape index (κ1) is 13.6. The summed E-state index contributed by atoms with van der Waals surface area (Å²) >= 11 is 5.24. The highest BCUT2D eigenvalue weighted by Crippen LogP contribution is 2.26. The minimum absolute atomic E-state index is 0.266. The van der Waals surface area contributed by atoms with E-state index in [1.54, 1.807) is 18.4 Å². The molecule has 96 valence electrons. The van der Waals surface area contributed by atoms with Gasteiger partial charge in [-0.05, 0) is 41.1 Å². The molecule has 2 rings (SSSR count). The zero-order chi connectivity index (χ0) is 13.0. The monoisotopic (exact) mass is 325 g/mol. The van der Waals surface area contributed by atoms with Gasteiger partial charge in [-0.15, -0.1) is 11.3 Å². The minimum Gasteiger partial charge on any atom is -0.496 e. The number of rotatable bonds is 5. The summed E-state index contributed by atoms with van der Waals surface area (Å²) in [7, 11) is 1.71. The van der Waals surface area contributed by atoms with Crippen LogP contribution in [0.4, 0.5) is 0 Å². The van der Waals surface area contributed by atoms with Crippen molar-refractivity contribution >= 4 is 27.3 Å². The van der Waals surface area contributed by atoms with Gasteiger partial charge in [0.2, 0.25) is 0 Å². The SMILES string of the molecule is COc1ccccc1C(C)NCc1ccc(Br)s1. The molecule has 2 nitrogen and oxygen atoms in total. The highest BCUT2D eigenvalue weighted by Gasteiger charge is 2.10. The van der Waals surface area contributed by atoms with E-state index in [4.69, 9.17) is 4.74 Å². The average Bonchev–Trinajstić information content (AvgIpc) is 2.81. The molecule has 0 fully saturated rings. The van der Waals surface area contributed by atoms with E-state index in [-0.39, 0.29) is 6.04 Å². The Bertz CT molecular complexity index is 512. The molecule has 0 spiro atoms. The maximum absolute atomic E-state index is 5.38. The highest BCUT2D eigenvalue weighted by atomic mass is 79.9. The third kappa shape index (κ3) is 3.34. The topological polar surface area (TPSA) is 21.3 Å². The first-order valence-electron chi connectivity index (χ1n) is 5.81. The summed E-state index contributed by atoms with van der Waals surface area (Å²) in [5.74, 6) is 0.935. The summed E-state index contributed by atoms with van der Waals surface area (Å²) < 4.78 is 6.55. The maximum atomic E-state index is 5.38. The van der Waals surface area contributed by atoms with Crippen molar-refractivity contribution in [3.8, 4) is 5.75 Å². The molecule has 0 saturated carbocycles. The summed E-state index contributed by atoms with van der Waals surface area (Å²) in [5.41, 5.74) is 1.19. The van der Waals surface area contributed by atoms with Gasteiger partial charge in [-0.2, -0.15) is 0 Å². The fourth-order valence-electron chi connectivity index (χ4n) is 1.83. The third-order valence-electron chi connectivity index (χ3n) is 2.82. The van der Waals surface area contributed by atoms with Crippen molar-refractivity contribution in [1.29, 1.82) is 0 Å². The second kappa shape index (κ2) is 6.36.